The molecule has 3 N–H and O–H groups in total. The maximum atomic E-state index is 11.8. The number of benzene rings is 1. The van der Waals surface area contributed by atoms with Gasteiger partial charge in [-0.25, -0.2) is 14.8 Å². The van der Waals surface area contributed by atoms with Gasteiger partial charge in [0, 0.05) is 35.9 Å². The number of carbonyl (C=O) groups is 2. The summed E-state index contributed by atoms with van der Waals surface area (Å²) in [6.07, 6.45) is 6.72. The van der Waals surface area contributed by atoms with Crippen molar-refractivity contribution >= 4 is 66.4 Å². The standard InChI is InChI=1S/C23H24BrN5O3S/c1-3-25-21(32)28-22-27-17-12-15(11-16(24)19(17)33-22)14-5-4-6-18(26-13-14)29-9-7-23(2,8-10-29)20(30)31/h4-5,11-13H,3,7-10H2,1-2H3,(H,30,31)(H2,25,27,28,32). The van der Waals surface area contributed by atoms with Crippen molar-refractivity contribution in [2.75, 3.05) is 25.0 Å². The van der Waals surface area contributed by atoms with Crippen molar-refractivity contribution in [2.45, 2.75) is 26.7 Å². The molecule has 33 heavy (non-hydrogen) atoms. The first-order valence-corrected chi connectivity index (χ1v) is 12.2. The lowest BCUT2D eigenvalue weighted by Crippen LogP contribution is -2.41. The van der Waals surface area contributed by atoms with Crippen LogP contribution in [0.4, 0.5) is 9.93 Å². The van der Waals surface area contributed by atoms with E-state index in [4.69, 9.17) is 0 Å². The normalized spacial score (nSPS) is 17.4. The summed E-state index contributed by atoms with van der Waals surface area (Å²) in [5.74, 6) is -0.0386. The number of amides is 2. The summed E-state index contributed by atoms with van der Waals surface area (Å²) in [7, 11) is 0. The minimum Gasteiger partial charge on any atom is -0.481 e. The number of rotatable bonds is 5. The summed E-state index contributed by atoms with van der Waals surface area (Å²) >= 11 is 5.03. The van der Waals surface area contributed by atoms with Crippen LogP contribution in [0.25, 0.3) is 15.8 Å². The molecule has 10 heteroatoms. The molecular weight excluding hydrogens is 506 g/mol. The number of allylic oxidation sites excluding steroid dienone is 3. The number of carboxylic acids is 1. The van der Waals surface area contributed by atoms with E-state index in [9.17, 15) is 14.7 Å². The summed E-state index contributed by atoms with van der Waals surface area (Å²) in [5.41, 5.74) is 5.14. The predicted octanol–water partition coefficient (Wildman–Crippen LogP) is 4.85. The van der Waals surface area contributed by atoms with E-state index in [2.05, 4.69) is 47.2 Å². The molecule has 0 saturated carbocycles. The smallest absolute Gasteiger partial charge is 0.321 e. The number of aliphatic carboxylic acids is 1. The molecule has 1 saturated heterocycles. The van der Waals surface area contributed by atoms with Crippen molar-refractivity contribution in [3.63, 3.8) is 0 Å². The number of nitrogens with one attached hydrogen (secondary N) is 2. The molecule has 0 unspecified atom stereocenters. The number of carboxylic acid groups (broad SMARTS) is 1. The Hall–Kier alpha value is -2.94. The van der Waals surface area contributed by atoms with Crippen molar-refractivity contribution < 1.29 is 14.7 Å². The number of hydrogen-bond acceptors (Lipinski definition) is 6. The summed E-state index contributed by atoms with van der Waals surface area (Å²) in [6.45, 7) is 5.46. The van der Waals surface area contributed by atoms with Crippen LogP contribution in [0.5, 0.6) is 0 Å². The maximum Gasteiger partial charge on any atom is 0.321 e. The quantitative estimate of drug-likeness (QED) is 0.479. The van der Waals surface area contributed by atoms with Gasteiger partial charge in [-0.2, -0.15) is 0 Å². The highest BCUT2D eigenvalue weighted by atomic mass is 79.9. The first kappa shape index (κ1) is 23.2. The fraction of sp³-hybridized carbons (Fsp3) is 0.348. The number of piperidine rings is 1. The molecule has 0 bridgehead atoms. The minimum atomic E-state index is -0.743. The Kier molecular flexibility index (Phi) is 6.69. The van der Waals surface area contributed by atoms with Crippen LogP contribution in [-0.2, 0) is 4.79 Å². The average molecular weight is 530 g/mol. The highest BCUT2D eigenvalue weighted by Crippen LogP contribution is 2.36. The first-order valence-electron chi connectivity index (χ1n) is 10.6. The maximum absolute atomic E-state index is 11.8. The summed E-state index contributed by atoms with van der Waals surface area (Å²) < 4.78 is 1.83. The van der Waals surface area contributed by atoms with Gasteiger partial charge in [0.15, 0.2) is 11.0 Å². The van der Waals surface area contributed by atoms with E-state index in [0.29, 0.717) is 43.4 Å². The van der Waals surface area contributed by atoms with Gasteiger partial charge in [-0.15, -0.1) is 0 Å². The number of aliphatic imine (C=N–C) groups is 1. The summed E-state index contributed by atoms with van der Waals surface area (Å²) in [6, 6.07) is 3.69. The molecule has 2 aliphatic rings. The van der Waals surface area contributed by atoms with Crippen LogP contribution in [0.3, 0.4) is 0 Å². The van der Waals surface area contributed by atoms with Crippen molar-refractivity contribution in [1.82, 2.24) is 15.2 Å². The zero-order valence-corrected chi connectivity index (χ0v) is 20.7. The van der Waals surface area contributed by atoms with Crippen molar-refractivity contribution in [1.29, 1.82) is 0 Å². The molecule has 2 aromatic rings. The van der Waals surface area contributed by atoms with E-state index >= 15 is 0 Å². The number of aromatic nitrogens is 1. The molecule has 2 amide bonds. The Morgan fingerprint density at radius 2 is 2.09 bits per heavy atom. The van der Waals surface area contributed by atoms with Crippen LogP contribution in [0.1, 0.15) is 32.3 Å². The lowest BCUT2D eigenvalue weighted by Gasteiger charge is -2.36. The molecule has 172 valence electrons. The Labute approximate surface area is 203 Å². The van der Waals surface area contributed by atoms with Crippen LogP contribution in [-0.4, -0.2) is 52.8 Å². The number of hydrogen-bond donors (Lipinski definition) is 3. The average Bonchev–Trinajstić information content (AvgIpc) is 3.01. The van der Waals surface area contributed by atoms with E-state index < -0.39 is 11.4 Å². The fourth-order valence-electron chi connectivity index (χ4n) is 3.70. The van der Waals surface area contributed by atoms with Gasteiger partial charge < -0.3 is 15.3 Å². The second kappa shape index (κ2) is 9.51. The van der Waals surface area contributed by atoms with Crippen molar-refractivity contribution in [2.24, 2.45) is 10.4 Å². The third-order valence-corrected chi connectivity index (χ3v) is 7.73. The van der Waals surface area contributed by atoms with E-state index in [1.807, 2.05) is 31.2 Å². The van der Waals surface area contributed by atoms with E-state index in [0.717, 1.165) is 25.8 Å². The van der Waals surface area contributed by atoms with Crippen LogP contribution in [0.2, 0.25) is 0 Å². The number of thiazole rings is 1. The van der Waals surface area contributed by atoms with Gasteiger partial charge in [-0.05, 0) is 72.5 Å². The Balaban J connectivity index is 1.51. The number of likely N-dealkylation sites (tertiary alicyclic amines) is 1. The van der Waals surface area contributed by atoms with E-state index in [-0.39, 0.29) is 6.03 Å². The highest BCUT2D eigenvalue weighted by molar-refractivity contribution is 9.10. The molecule has 1 aromatic heterocycles. The zero-order chi connectivity index (χ0) is 23.6. The SMILES string of the molecule is CCNC(=O)Nc1nc2cc(C3=CC=C=C(N4CCC(C)(C(=O)O)CC4)N=C3)cc(Br)c2s1. The monoisotopic (exact) mass is 529 g/mol. The highest BCUT2D eigenvalue weighted by Gasteiger charge is 2.37. The molecule has 1 aromatic carbocycles. The number of carbonyl (C=O) groups excluding carboxylic acids is 1. The van der Waals surface area contributed by atoms with Crippen LogP contribution in [0, 0.1) is 5.41 Å². The third kappa shape index (κ3) is 5.03. The Morgan fingerprint density at radius 1 is 1.33 bits per heavy atom. The third-order valence-electron chi connectivity index (χ3n) is 5.82. The molecule has 2 aliphatic heterocycles. The number of nitrogens with zero attached hydrogens (tertiary/aromatic N) is 3. The van der Waals surface area contributed by atoms with Crippen LogP contribution in [0.15, 0.2) is 45.3 Å². The molecular formula is C23H24BrN5O3S. The number of fused-ring (bicyclic) bond motifs is 1. The van der Waals surface area contributed by atoms with Crippen molar-refractivity contribution in [3.8, 4) is 0 Å². The molecule has 8 nitrogen and oxygen atoms in total. The van der Waals surface area contributed by atoms with Crippen molar-refractivity contribution in [3.05, 3.63) is 45.9 Å². The van der Waals surface area contributed by atoms with E-state index in [1.165, 1.54) is 11.3 Å². The number of anilines is 1. The van der Waals surface area contributed by atoms with Gasteiger partial charge >= 0.3 is 12.0 Å². The minimum absolute atomic E-state index is 0.281. The van der Waals surface area contributed by atoms with Gasteiger partial charge in [-0.3, -0.25) is 10.1 Å². The lowest BCUT2D eigenvalue weighted by atomic mass is 9.80. The largest absolute Gasteiger partial charge is 0.481 e. The number of urea groups is 1. The first-order chi connectivity index (χ1) is 15.8. The predicted molar refractivity (Wildman–Crippen MR) is 135 cm³/mol. The number of halogens is 1. The summed E-state index contributed by atoms with van der Waals surface area (Å²) in [5, 5.41) is 15.4. The topological polar surface area (TPSA) is 107 Å². The van der Waals surface area contributed by atoms with Gasteiger partial charge in [0.05, 0.1) is 15.6 Å². The molecule has 0 radical (unpaired) electrons. The second-order valence-corrected chi connectivity index (χ2v) is 10.0. The Bertz CT molecular complexity index is 1230. The van der Waals surface area contributed by atoms with Gasteiger partial charge in [0.1, 0.15) is 0 Å². The van der Waals surface area contributed by atoms with E-state index in [1.54, 1.807) is 13.1 Å². The molecule has 0 aliphatic carbocycles. The molecule has 3 heterocycles. The van der Waals surface area contributed by atoms with Crippen LogP contribution >= 0.6 is 27.3 Å². The summed E-state index contributed by atoms with van der Waals surface area (Å²) in [4.78, 5) is 34.6. The Morgan fingerprint density at radius 3 is 2.79 bits per heavy atom. The van der Waals surface area contributed by atoms with Gasteiger partial charge in [-0.1, -0.05) is 17.1 Å². The van der Waals surface area contributed by atoms with Gasteiger partial charge in [0.2, 0.25) is 0 Å². The second-order valence-electron chi connectivity index (χ2n) is 8.18. The van der Waals surface area contributed by atoms with Gasteiger partial charge in [0.25, 0.3) is 0 Å². The molecule has 0 atom stereocenters. The van der Waals surface area contributed by atoms with Crippen LogP contribution < -0.4 is 10.6 Å². The zero-order valence-electron chi connectivity index (χ0n) is 18.3. The lowest BCUT2D eigenvalue weighted by molar-refractivity contribution is -0.150. The fourth-order valence-corrected chi connectivity index (χ4v) is 5.24. The molecule has 0 spiro atoms. The molecule has 1 fully saturated rings. The molecule has 4 rings (SSSR count).